The first kappa shape index (κ1) is 47.2. The molecule has 0 aromatic heterocycles. The molecule has 0 bridgehead atoms. The van der Waals surface area contributed by atoms with Gasteiger partial charge in [0.15, 0.2) is 0 Å². The van der Waals surface area contributed by atoms with Gasteiger partial charge in [0.2, 0.25) is 0 Å². The first-order valence-corrected chi connectivity index (χ1v) is 12.3. The van der Waals surface area contributed by atoms with E-state index in [4.69, 9.17) is 0 Å². The minimum absolute atomic E-state index is 0. The van der Waals surface area contributed by atoms with Crippen LogP contribution in [0.3, 0.4) is 0 Å². The molecule has 0 spiro atoms. The van der Waals surface area contributed by atoms with Gasteiger partial charge in [-0.1, -0.05) is 66.7 Å². The van der Waals surface area contributed by atoms with Gasteiger partial charge in [0, 0.05) is 29.8 Å². The molecule has 0 aromatic rings. The average molecular weight is 557 g/mol. The third kappa shape index (κ3) is 95.0. The van der Waals surface area contributed by atoms with Crippen molar-refractivity contribution in [1.29, 1.82) is 0 Å². The van der Waals surface area contributed by atoms with E-state index in [2.05, 4.69) is 0 Å². The Morgan fingerprint density at radius 3 is 0.500 bits per heavy atom. The van der Waals surface area contributed by atoms with Crippen LogP contribution in [0.5, 0.6) is 0 Å². The van der Waals surface area contributed by atoms with E-state index in [1.165, 1.54) is 0 Å². The van der Waals surface area contributed by atoms with Crippen molar-refractivity contribution in [3.63, 3.8) is 0 Å². The van der Waals surface area contributed by atoms with Crippen molar-refractivity contribution in [3.05, 3.63) is 0 Å². The van der Waals surface area contributed by atoms with Gasteiger partial charge in [-0.3, -0.25) is 0 Å². The molecule has 36 heavy (non-hydrogen) atoms. The Bertz CT molecular complexity index is 407. The molecule has 0 fully saturated rings. The van der Waals surface area contributed by atoms with E-state index in [0.717, 1.165) is 64.2 Å². The van der Waals surface area contributed by atoms with Crippen LogP contribution in [0.4, 0.5) is 0 Å². The van der Waals surface area contributed by atoms with Crippen molar-refractivity contribution in [2.24, 2.45) is 0 Å². The fourth-order valence-corrected chi connectivity index (χ4v) is 1.61. The fraction of sp³-hybridized carbons (Fsp3) is 0.800. The van der Waals surface area contributed by atoms with Gasteiger partial charge in [0.05, 0.1) is 0 Å². The van der Waals surface area contributed by atoms with Crippen LogP contribution in [-0.4, -0.2) is 29.8 Å². The maximum atomic E-state index is 9.65. The Kier molecular flexibility index (Phi) is 56.4. The molecule has 11 heteroatoms. The quantitative estimate of drug-likeness (QED) is 0.256. The van der Waals surface area contributed by atoms with Crippen molar-refractivity contribution in [1.82, 2.24) is 0 Å². The molecule has 0 unspecified atom stereocenters. The van der Waals surface area contributed by atoms with Crippen LogP contribution >= 0.6 is 0 Å². The molecule has 0 saturated carbocycles. The first-order valence-electron chi connectivity index (χ1n) is 12.3. The van der Waals surface area contributed by atoms with E-state index in [-0.39, 0.29) is 50.7 Å². The van der Waals surface area contributed by atoms with Crippen LogP contribution < -0.4 is 25.5 Å². The van der Waals surface area contributed by atoms with Gasteiger partial charge in [-0.2, -0.15) is 0 Å². The molecular weight excluding hydrogens is 511 g/mol. The Labute approximate surface area is 228 Å². The summed E-state index contributed by atoms with van der Waals surface area (Å²) in [5.41, 5.74) is 0. The second-order valence-electron chi connectivity index (χ2n) is 7.38. The zero-order chi connectivity index (χ0) is 28.5. The van der Waals surface area contributed by atoms with Crippen molar-refractivity contribution in [2.45, 2.75) is 131 Å². The summed E-state index contributed by atoms with van der Waals surface area (Å²) in [6, 6.07) is 0. The molecule has 0 atom stereocenters. The van der Waals surface area contributed by atoms with Crippen molar-refractivity contribution < 1.29 is 68.1 Å². The van der Waals surface area contributed by atoms with Crippen LogP contribution in [0.25, 0.3) is 0 Å². The molecule has 0 radical (unpaired) electrons. The number of carboxylic acids is 5. The Hall–Kier alpha value is -2.07. The molecule has 0 aliphatic rings. The van der Waals surface area contributed by atoms with Gasteiger partial charge in [-0.25, -0.2) is 0 Å². The van der Waals surface area contributed by atoms with Crippen LogP contribution in [-0.2, 0) is 42.5 Å². The Morgan fingerprint density at radius 2 is 0.472 bits per heavy atom. The first-order chi connectivity index (χ1) is 16.4. The second-order valence-corrected chi connectivity index (χ2v) is 7.38. The number of carbonyl (C=O) groups excluding carboxylic acids is 5. The number of hydrogen-bond donors (Lipinski definition) is 0. The minimum atomic E-state index is -0.943. The molecule has 0 amide bonds. The molecule has 210 valence electrons. The number of carboxylic acid groups (broad SMARTS) is 5. The van der Waals surface area contributed by atoms with E-state index >= 15 is 0 Å². The van der Waals surface area contributed by atoms with Gasteiger partial charge >= 0.3 is 18.6 Å². The number of hydrogen-bond acceptors (Lipinski definition) is 10. The van der Waals surface area contributed by atoms with Gasteiger partial charge in [0.1, 0.15) is 0 Å². The predicted molar refractivity (Wildman–Crippen MR) is 123 cm³/mol. The summed E-state index contributed by atoms with van der Waals surface area (Å²) in [6.45, 7) is 9.74. The molecule has 0 rings (SSSR count). The number of carbonyl (C=O) groups is 5. The molecule has 0 aliphatic heterocycles. The van der Waals surface area contributed by atoms with Gasteiger partial charge in [-0.05, 0) is 64.2 Å². The Balaban J connectivity index is -0.0000000776. The molecule has 0 N–H and O–H groups in total. The average Bonchev–Trinajstić information content (AvgIpc) is 2.78. The van der Waals surface area contributed by atoms with E-state index in [9.17, 15) is 49.5 Å². The zero-order valence-electron chi connectivity index (χ0n) is 22.6. The summed E-state index contributed by atoms with van der Waals surface area (Å²) in [6.07, 6.45) is 9.34. The summed E-state index contributed by atoms with van der Waals surface area (Å²) < 4.78 is 0. The largest absolute Gasteiger partial charge is 5.00 e. The maximum absolute atomic E-state index is 9.65. The zero-order valence-corrected chi connectivity index (χ0v) is 24.0. The topological polar surface area (TPSA) is 201 Å². The van der Waals surface area contributed by atoms with E-state index < -0.39 is 29.8 Å². The number of aliphatic carboxylic acids is 5. The maximum Gasteiger partial charge on any atom is 5.00 e. The third-order valence-electron chi connectivity index (χ3n) is 3.67. The molecule has 0 aliphatic carbocycles. The molecule has 0 heterocycles. The standard InChI is InChI=1S/5C5H10O2.V/c5*1-2-3-4-5(6)7;/h5*2-4H2,1H3,(H,6,7);/q;;;;;+5/p-5. The molecule has 0 aromatic carbocycles. The van der Waals surface area contributed by atoms with E-state index in [1.807, 2.05) is 34.6 Å². The van der Waals surface area contributed by atoms with E-state index in [1.54, 1.807) is 0 Å². The van der Waals surface area contributed by atoms with Gasteiger partial charge in [0.25, 0.3) is 0 Å². The Morgan fingerprint density at radius 1 is 0.361 bits per heavy atom. The molecule has 0 saturated heterocycles. The monoisotopic (exact) mass is 556 g/mol. The minimum Gasteiger partial charge on any atom is -0.550 e. The second kappa shape index (κ2) is 43.0. The summed E-state index contributed by atoms with van der Waals surface area (Å²) in [5.74, 6) is -4.71. The van der Waals surface area contributed by atoms with Crippen molar-refractivity contribution >= 4 is 29.8 Å². The summed E-state index contributed by atoms with van der Waals surface area (Å²) in [5, 5.41) is 48.2. The van der Waals surface area contributed by atoms with E-state index in [0.29, 0.717) is 0 Å². The van der Waals surface area contributed by atoms with Crippen LogP contribution in [0, 0.1) is 0 Å². The smallest absolute Gasteiger partial charge is 0.550 e. The third-order valence-corrected chi connectivity index (χ3v) is 3.67. The predicted octanol–water partition coefficient (Wildman–Crippen LogP) is -0.370. The van der Waals surface area contributed by atoms with Crippen LogP contribution in [0.2, 0.25) is 0 Å². The van der Waals surface area contributed by atoms with Crippen LogP contribution in [0.1, 0.15) is 131 Å². The summed E-state index contributed by atoms with van der Waals surface area (Å²) in [7, 11) is 0. The number of unbranched alkanes of at least 4 members (excludes halogenated alkanes) is 5. The summed E-state index contributed by atoms with van der Waals surface area (Å²) in [4.78, 5) is 48.2. The van der Waals surface area contributed by atoms with Gasteiger partial charge in [-0.15, -0.1) is 0 Å². The molecular formula is C25H45O10V. The molecule has 10 nitrogen and oxygen atoms in total. The van der Waals surface area contributed by atoms with Crippen molar-refractivity contribution in [3.8, 4) is 0 Å². The SMILES string of the molecule is CCCCC(=O)[O-].CCCCC(=O)[O-].CCCCC(=O)[O-].CCCCC(=O)[O-].CCCCC(=O)[O-].[V+5]. The van der Waals surface area contributed by atoms with Crippen molar-refractivity contribution in [2.75, 3.05) is 0 Å². The summed E-state index contributed by atoms with van der Waals surface area (Å²) >= 11 is 0. The van der Waals surface area contributed by atoms with Crippen LogP contribution in [0.15, 0.2) is 0 Å². The number of rotatable bonds is 15. The normalized spacial score (nSPS) is 8.47. The van der Waals surface area contributed by atoms with Gasteiger partial charge < -0.3 is 49.5 Å². The fourth-order valence-electron chi connectivity index (χ4n) is 1.61.